The summed E-state index contributed by atoms with van der Waals surface area (Å²) >= 11 is 0. The minimum absolute atomic E-state index is 0.249. The Hall–Kier alpha value is -3.87. The van der Waals surface area contributed by atoms with Crippen molar-refractivity contribution in [1.82, 2.24) is 4.98 Å². The Bertz CT molecular complexity index is 1640. The predicted molar refractivity (Wildman–Crippen MR) is 155 cm³/mol. The SMILES string of the molecule is CC(C)(O)C(C)(C)O[B]c1cccc(-c2nc3ccccc3c3c4c(ccc23)OC(c2ccccc2)N4)c1. The molecule has 1 atom stereocenters. The van der Waals surface area contributed by atoms with Crippen LogP contribution in [0.3, 0.4) is 0 Å². The quantitative estimate of drug-likeness (QED) is 0.209. The fraction of sp³-hybridized carbons (Fsp3) is 0.219. The summed E-state index contributed by atoms with van der Waals surface area (Å²) in [4.78, 5) is 5.10. The lowest BCUT2D eigenvalue weighted by molar-refractivity contribution is -0.0893. The van der Waals surface area contributed by atoms with Gasteiger partial charge in [0.05, 0.1) is 28.1 Å². The van der Waals surface area contributed by atoms with Crippen molar-refractivity contribution in [2.45, 2.75) is 45.1 Å². The van der Waals surface area contributed by atoms with E-state index in [1.807, 2.05) is 68.4 Å². The molecule has 6 rings (SSSR count). The molecule has 1 radical (unpaired) electrons. The molecule has 1 unspecified atom stereocenters. The standard InChI is InChI=1S/C32H30BN2O3/c1-31(2,36)32(3,4)38-33-22-14-10-13-21(19-22)28-24-17-18-26-29(27(24)23-15-8-9-16-25(23)34-28)35-30(37-26)20-11-6-5-7-12-20/h5-19,30,35-36H,1-4H3. The molecule has 1 aliphatic rings. The van der Waals surface area contributed by atoms with Gasteiger partial charge in [-0.1, -0.05) is 78.3 Å². The molecule has 0 spiro atoms. The topological polar surface area (TPSA) is 63.6 Å². The Labute approximate surface area is 223 Å². The van der Waals surface area contributed by atoms with Gasteiger partial charge >= 0.3 is 7.48 Å². The number of fused-ring (bicyclic) bond motifs is 5. The van der Waals surface area contributed by atoms with Crippen LogP contribution in [0.2, 0.25) is 0 Å². The zero-order chi connectivity index (χ0) is 26.5. The number of hydrogen-bond acceptors (Lipinski definition) is 5. The van der Waals surface area contributed by atoms with Gasteiger partial charge in [0.1, 0.15) is 5.75 Å². The molecule has 4 aromatic carbocycles. The number of rotatable bonds is 6. The van der Waals surface area contributed by atoms with Gasteiger partial charge in [0.15, 0.2) is 6.23 Å². The molecule has 38 heavy (non-hydrogen) atoms. The van der Waals surface area contributed by atoms with Gasteiger partial charge in [-0.05, 0) is 45.9 Å². The van der Waals surface area contributed by atoms with Crippen molar-refractivity contribution in [3.63, 3.8) is 0 Å². The number of nitrogens with zero attached hydrogens (tertiary/aromatic N) is 1. The van der Waals surface area contributed by atoms with Crippen LogP contribution in [-0.4, -0.2) is 28.8 Å². The van der Waals surface area contributed by atoms with E-state index in [1.165, 1.54) is 0 Å². The highest BCUT2D eigenvalue weighted by atomic mass is 16.5. The molecule has 2 heterocycles. The molecular weight excluding hydrogens is 471 g/mol. The Morgan fingerprint density at radius 2 is 1.63 bits per heavy atom. The number of aliphatic hydroxyl groups is 1. The summed E-state index contributed by atoms with van der Waals surface area (Å²) in [5.74, 6) is 0.831. The van der Waals surface area contributed by atoms with Crippen LogP contribution in [0.4, 0.5) is 5.69 Å². The Morgan fingerprint density at radius 1 is 0.868 bits per heavy atom. The highest BCUT2D eigenvalue weighted by Gasteiger charge is 2.35. The summed E-state index contributed by atoms with van der Waals surface area (Å²) in [6.07, 6.45) is -0.249. The van der Waals surface area contributed by atoms with Gasteiger partial charge < -0.3 is 19.8 Å². The second kappa shape index (κ2) is 9.16. The van der Waals surface area contributed by atoms with Gasteiger partial charge in [0.2, 0.25) is 0 Å². The van der Waals surface area contributed by atoms with Gasteiger partial charge in [0, 0.05) is 27.3 Å². The molecule has 2 N–H and O–H groups in total. The number of pyridine rings is 1. The summed E-state index contributed by atoms with van der Waals surface area (Å²) in [5, 5.41) is 17.3. The lowest BCUT2D eigenvalue weighted by atomic mass is 9.82. The number of anilines is 1. The van der Waals surface area contributed by atoms with Crippen molar-refractivity contribution in [2.75, 3.05) is 5.32 Å². The van der Waals surface area contributed by atoms with E-state index in [2.05, 4.69) is 41.7 Å². The van der Waals surface area contributed by atoms with Crippen molar-refractivity contribution in [1.29, 1.82) is 0 Å². The number of ether oxygens (including phenoxy) is 1. The summed E-state index contributed by atoms with van der Waals surface area (Å²) in [6.45, 7) is 7.26. The number of benzene rings is 4. The number of aromatic nitrogens is 1. The lowest BCUT2D eigenvalue weighted by Gasteiger charge is -2.37. The minimum atomic E-state index is -0.996. The monoisotopic (exact) mass is 501 g/mol. The summed E-state index contributed by atoms with van der Waals surface area (Å²) in [6, 6.07) is 30.7. The van der Waals surface area contributed by atoms with Gasteiger partial charge in [-0.15, -0.1) is 0 Å². The van der Waals surface area contributed by atoms with Gasteiger partial charge in [-0.3, -0.25) is 0 Å². The zero-order valence-corrected chi connectivity index (χ0v) is 22.0. The molecule has 5 nitrogen and oxygen atoms in total. The first kappa shape index (κ1) is 24.5. The minimum Gasteiger partial charge on any atom is -0.464 e. The van der Waals surface area contributed by atoms with Crippen molar-refractivity contribution >= 4 is 40.3 Å². The fourth-order valence-electron chi connectivity index (χ4n) is 4.67. The summed E-state index contributed by atoms with van der Waals surface area (Å²) < 4.78 is 12.4. The summed E-state index contributed by atoms with van der Waals surface area (Å²) in [7, 11) is 1.71. The molecule has 0 bridgehead atoms. The molecule has 0 saturated carbocycles. The molecule has 0 aliphatic carbocycles. The maximum atomic E-state index is 10.5. The Kier molecular flexibility index (Phi) is 5.90. The molecule has 5 aromatic rings. The maximum absolute atomic E-state index is 10.5. The normalized spacial score (nSPS) is 15.2. The highest BCUT2D eigenvalue weighted by Crippen LogP contribution is 2.46. The van der Waals surface area contributed by atoms with E-state index in [0.717, 1.165) is 55.4 Å². The Balaban J connectivity index is 1.45. The molecule has 1 aliphatic heterocycles. The van der Waals surface area contributed by atoms with Gasteiger partial charge in [-0.2, -0.15) is 0 Å². The first-order valence-electron chi connectivity index (χ1n) is 12.9. The molecular formula is C32H30BN2O3. The molecule has 0 fully saturated rings. The van der Waals surface area contributed by atoms with Crippen LogP contribution in [0.5, 0.6) is 5.75 Å². The van der Waals surface area contributed by atoms with E-state index in [1.54, 1.807) is 21.3 Å². The molecule has 1 aromatic heterocycles. The molecule has 0 amide bonds. The highest BCUT2D eigenvalue weighted by molar-refractivity contribution is 6.47. The second-order valence-corrected chi connectivity index (χ2v) is 10.8. The van der Waals surface area contributed by atoms with Crippen molar-refractivity contribution in [3.05, 3.63) is 96.6 Å². The fourth-order valence-corrected chi connectivity index (χ4v) is 4.67. The maximum Gasteiger partial charge on any atom is 0.330 e. The predicted octanol–water partition coefficient (Wildman–Crippen LogP) is 6.37. The smallest absolute Gasteiger partial charge is 0.330 e. The van der Waals surface area contributed by atoms with E-state index in [-0.39, 0.29) is 6.23 Å². The van der Waals surface area contributed by atoms with Crippen molar-refractivity contribution in [3.8, 4) is 17.0 Å². The third kappa shape index (κ3) is 4.30. The summed E-state index contributed by atoms with van der Waals surface area (Å²) in [5.41, 5.74) is 4.00. The third-order valence-corrected chi connectivity index (χ3v) is 7.57. The van der Waals surface area contributed by atoms with Crippen LogP contribution in [-0.2, 0) is 4.65 Å². The molecule has 6 heteroatoms. The van der Waals surface area contributed by atoms with Crippen LogP contribution >= 0.6 is 0 Å². The van der Waals surface area contributed by atoms with E-state index >= 15 is 0 Å². The first-order valence-corrected chi connectivity index (χ1v) is 12.9. The van der Waals surface area contributed by atoms with Crippen LogP contribution in [0.1, 0.15) is 39.5 Å². The third-order valence-electron chi connectivity index (χ3n) is 7.57. The number of nitrogens with one attached hydrogen (secondary N) is 1. The van der Waals surface area contributed by atoms with E-state index < -0.39 is 11.2 Å². The van der Waals surface area contributed by atoms with Crippen LogP contribution in [0.25, 0.3) is 32.9 Å². The Morgan fingerprint density at radius 3 is 2.42 bits per heavy atom. The molecule has 0 saturated heterocycles. The number of para-hydroxylation sites is 1. The van der Waals surface area contributed by atoms with E-state index in [4.69, 9.17) is 14.4 Å². The van der Waals surface area contributed by atoms with Crippen molar-refractivity contribution in [2.24, 2.45) is 0 Å². The van der Waals surface area contributed by atoms with E-state index in [0.29, 0.717) is 0 Å². The first-order chi connectivity index (χ1) is 18.2. The van der Waals surface area contributed by atoms with Crippen LogP contribution in [0, 0.1) is 0 Å². The van der Waals surface area contributed by atoms with Gasteiger partial charge in [0.25, 0.3) is 0 Å². The zero-order valence-electron chi connectivity index (χ0n) is 22.0. The van der Waals surface area contributed by atoms with E-state index in [9.17, 15) is 5.11 Å². The largest absolute Gasteiger partial charge is 0.464 e. The lowest BCUT2D eigenvalue weighted by Crippen LogP contribution is -2.49. The van der Waals surface area contributed by atoms with Crippen LogP contribution < -0.4 is 15.5 Å². The number of hydrogen-bond donors (Lipinski definition) is 2. The van der Waals surface area contributed by atoms with Crippen molar-refractivity contribution < 1.29 is 14.5 Å². The van der Waals surface area contributed by atoms with Crippen LogP contribution in [0.15, 0.2) is 91.0 Å². The molecule has 189 valence electrons. The average molecular weight is 501 g/mol. The average Bonchev–Trinajstić information content (AvgIpc) is 3.36. The van der Waals surface area contributed by atoms with Gasteiger partial charge in [-0.25, -0.2) is 4.98 Å². The second-order valence-electron chi connectivity index (χ2n) is 10.8.